The first-order valence-electron chi connectivity index (χ1n) is 5.55. The van der Waals surface area contributed by atoms with Crippen molar-refractivity contribution < 1.29 is 9.90 Å². The number of amides is 1. The van der Waals surface area contributed by atoms with Crippen LogP contribution in [0, 0.1) is 16.7 Å². The van der Waals surface area contributed by atoms with E-state index >= 15 is 0 Å². The molecule has 0 radical (unpaired) electrons. The Morgan fingerprint density at radius 3 is 2.40 bits per heavy atom. The van der Waals surface area contributed by atoms with Crippen LogP contribution >= 0.6 is 0 Å². The van der Waals surface area contributed by atoms with Gasteiger partial charge < -0.3 is 10.4 Å². The molecule has 1 fully saturated rings. The molecule has 1 saturated carbocycles. The second-order valence-corrected chi connectivity index (χ2v) is 4.09. The van der Waals surface area contributed by atoms with Crippen LogP contribution in [-0.4, -0.2) is 24.2 Å². The van der Waals surface area contributed by atoms with E-state index in [1.165, 1.54) is 0 Å². The number of hydrogen-bond donors (Lipinski definition) is 2. The van der Waals surface area contributed by atoms with E-state index in [0.717, 1.165) is 25.7 Å². The molecule has 0 aromatic heterocycles. The predicted octanol–water partition coefficient (Wildman–Crippen LogP) is 0.959. The van der Waals surface area contributed by atoms with Crippen molar-refractivity contribution in [1.82, 2.24) is 5.32 Å². The molecule has 4 heteroatoms. The third-order valence-corrected chi connectivity index (χ3v) is 3.00. The third kappa shape index (κ3) is 2.93. The Morgan fingerprint density at radius 2 is 1.93 bits per heavy atom. The van der Waals surface area contributed by atoms with E-state index in [1.807, 2.05) is 0 Å². The van der Waals surface area contributed by atoms with E-state index in [2.05, 4.69) is 11.4 Å². The third-order valence-electron chi connectivity index (χ3n) is 3.00. The van der Waals surface area contributed by atoms with Gasteiger partial charge in [-0.1, -0.05) is 25.7 Å². The van der Waals surface area contributed by atoms with Gasteiger partial charge in [-0.3, -0.25) is 4.79 Å². The summed E-state index contributed by atoms with van der Waals surface area (Å²) in [7, 11) is 0. The Balaban J connectivity index is 2.65. The second-order valence-electron chi connectivity index (χ2n) is 4.09. The molecule has 0 bridgehead atoms. The number of nitrogens with one attached hydrogen (secondary N) is 1. The van der Waals surface area contributed by atoms with Crippen molar-refractivity contribution >= 4 is 5.91 Å². The number of nitrogens with zero attached hydrogens (tertiary/aromatic N) is 1. The zero-order valence-electron chi connectivity index (χ0n) is 8.96. The zero-order chi connectivity index (χ0) is 11.1. The lowest BCUT2D eigenvalue weighted by molar-refractivity contribution is -0.128. The molecule has 0 aromatic rings. The Labute approximate surface area is 90.3 Å². The molecule has 1 aliphatic rings. The number of hydrogen-bond acceptors (Lipinski definition) is 3. The molecule has 2 N–H and O–H groups in total. The maximum atomic E-state index is 11.8. The van der Waals surface area contributed by atoms with E-state index in [4.69, 9.17) is 10.4 Å². The van der Waals surface area contributed by atoms with Gasteiger partial charge in [0.25, 0.3) is 0 Å². The number of rotatable bonds is 3. The van der Waals surface area contributed by atoms with Crippen LogP contribution in [0.4, 0.5) is 0 Å². The molecule has 0 aromatic carbocycles. The fourth-order valence-electron chi connectivity index (χ4n) is 2.06. The summed E-state index contributed by atoms with van der Waals surface area (Å²) in [6.07, 6.45) is 5.41. The van der Waals surface area contributed by atoms with Crippen LogP contribution in [0.1, 0.15) is 38.5 Å². The van der Waals surface area contributed by atoms with E-state index in [1.54, 1.807) is 0 Å². The number of aliphatic hydroxyl groups excluding tert-OH is 1. The Kier molecular flexibility index (Phi) is 4.57. The van der Waals surface area contributed by atoms with E-state index in [0.29, 0.717) is 12.8 Å². The first-order chi connectivity index (χ1) is 7.25. The maximum absolute atomic E-state index is 11.8. The summed E-state index contributed by atoms with van der Waals surface area (Å²) < 4.78 is 0. The molecule has 0 spiro atoms. The SMILES string of the molecule is N#CC1(C(=O)NCCO)CCCCCC1. The van der Waals surface area contributed by atoms with Gasteiger partial charge in [0.15, 0.2) is 0 Å². The lowest BCUT2D eigenvalue weighted by Crippen LogP contribution is -2.41. The first kappa shape index (κ1) is 12.0. The van der Waals surface area contributed by atoms with Gasteiger partial charge in [-0.2, -0.15) is 5.26 Å². The van der Waals surface area contributed by atoms with Crippen molar-refractivity contribution in [2.45, 2.75) is 38.5 Å². The molecule has 0 saturated heterocycles. The van der Waals surface area contributed by atoms with Crippen molar-refractivity contribution in [2.75, 3.05) is 13.2 Å². The quantitative estimate of drug-likeness (QED) is 0.681. The molecular weight excluding hydrogens is 192 g/mol. The van der Waals surface area contributed by atoms with Gasteiger partial charge in [0, 0.05) is 6.54 Å². The Morgan fingerprint density at radius 1 is 1.33 bits per heavy atom. The standard InChI is InChI=1S/C11H18N2O2/c12-9-11(10(15)13-7-8-14)5-3-1-2-4-6-11/h14H,1-8H2,(H,13,15). The molecular formula is C11H18N2O2. The van der Waals surface area contributed by atoms with Gasteiger partial charge in [-0.05, 0) is 12.8 Å². The van der Waals surface area contributed by atoms with Gasteiger partial charge in [0.1, 0.15) is 5.41 Å². The largest absolute Gasteiger partial charge is 0.395 e. The zero-order valence-corrected chi connectivity index (χ0v) is 8.96. The van der Waals surface area contributed by atoms with Gasteiger partial charge in [-0.15, -0.1) is 0 Å². The Bertz CT molecular complexity index is 250. The Hall–Kier alpha value is -1.08. The van der Waals surface area contributed by atoms with Crippen LogP contribution in [0.2, 0.25) is 0 Å². The molecule has 84 valence electrons. The molecule has 0 atom stereocenters. The average molecular weight is 210 g/mol. The highest BCUT2D eigenvalue weighted by atomic mass is 16.3. The highest BCUT2D eigenvalue weighted by Gasteiger charge is 2.38. The fourth-order valence-corrected chi connectivity index (χ4v) is 2.06. The highest BCUT2D eigenvalue weighted by molar-refractivity contribution is 5.85. The number of aliphatic hydroxyl groups is 1. The second kappa shape index (κ2) is 5.72. The number of nitriles is 1. The van der Waals surface area contributed by atoms with Crippen LogP contribution in [0.25, 0.3) is 0 Å². The summed E-state index contributed by atoms with van der Waals surface area (Å²) in [5.41, 5.74) is -0.842. The summed E-state index contributed by atoms with van der Waals surface area (Å²) in [5.74, 6) is -0.207. The lowest BCUT2D eigenvalue weighted by atomic mass is 9.81. The molecule has 1 amide bonds. The molecule has 15 heavy (non-hydrogen) atoms. The van der Waals surface area contributed by atoms with Gasteiger partial charge in [0.2, 0.25) is 5.91 Å². The average Bonchev–Trinajstić information content (AvgIpc) is 2.52. The summed E-state index contributed by atoms with van der Waals surface area (Å²) in [5, 5.41) is 20.4. The molecule has 0 heterocycles. The molecule has 4 nitrogen and oxygen atoms in total. The number of carbonyl (C=O) groups excluding carboxylic acids is 1. The van der Waals surface area contributed by atoms with Crippen LogP contribution in [0.3, 0.4) is 0 Å². The summed E-state index contributed by atoms with van der Waals surface area (Å²) >= 11 is 0. The van der Waals surface area contributed by atoms with Gasteiger partial charge in [-0.25, -0.2) is 0 Å². The first-order valence-corrected chi connectivity index (χ1v) is 5.55. The number of carbonyl (C=O) groups is 1. The van der Waals surface area contributed by atoms with Crippen LogP contribution in [0.5, 0.6) is 0 Å². The minimum atomic E-state index is -0.842. The van der Waals surface area contributed by atoms with Crippen LogP contribution < -0.4 is 5.32 Å². The maximum Gasteiger partial charge on any atom is 0.240 e. The minimum Gasteiger partial charge on any atom is -0.395 e. The smallest absolute Gasteiger partial charge is 0.240 e. The van der Waals surface area contributed by atoms with Crippen molar-refractivity contribution in [3.05, 3.63) is 0 Å². The topological polar surface area (TPSA) is 73.1 Å². The summed E-state index contributed by atoms with van der Waals surface area (Å²) in [4.78, 5) is 11.8. The van der Waals surface area contributed by atoms with E-state index in [9.17, 15) is 4.79 Å². The van der Waals surface area contributed by atoms with Crippen molar-refractivity contribution in [2.24, 2.45) is 5.41 Å². The molecule has 1 rings (SSSR count). The van der Waals surface area contributed by atoms with E-state index in [-0.39, 0.29) is 19.1 Å². The summed E-state index contributed by atoms with van der Waals surface area (Å²) in [6, 6.07) is 2.17. The van der Waals surface area contributed by atoms with Crippen molar-refractivity contribution in [3.63, 3.8) is 0 Å². The van der Waals surface area contributed by atoms with E-state index < -0.39 is 5.41 Å². The van der Waals surface area contributed by atoms with Crippen LogP contribution in [0.15, 0.2) is 0 Å². The lowest BCUT2D eigenvalue weighted by Gasteiger charge is -2.23. The van der Waals surface area contributed by atoms with Gasteiger partial charge >= 0.3 is 0 Å². The monoisotopic (exact) mass is 210 g/mol. The van der Waals surface area contributed by atoms with Crippen LogP contribution in [-0.2, 0) is 4.79 Å². The predicted molar refractivity (Wildman–Crippen MR) is 55.8 cm³/mol. The van der Waals surface area contributed by atoms with Crippen molar-refractivity contribution in [1.29, 1.82) is 5.26 Å². The normalized spacial score (nSPS) is 20.0. The summed E-state index contributed by atoms with van der Waals surface area (Å²) in [6.45, 7) is 0.162. The molecule has 1 aliphatic carbocycles. The van der Waals surface area contributed by atoms with Gasteiger partial charge in [0.05, 0.1) is 12.7 Å². The minimum absolute atomic E-state index is 0.0761. The highest BCUT2D eigenvalue weighted by Crippen LogP contribution is 2.34. The molecule has 0 unspecified atom stereocenters. The fraction of sp³-hybridized carbons (Fsp3) is 0.818. The molecule has 0 aliphatic heterocycles. The van der Waals surface area contributed by atoms with Crippen molar-refractivity contribution in [3.8, 4) is 6.07 Å².